The molecule has 4 aliphatic carbocycles. The third-order valence-electron chi connectivity index (χ3n) is 9.62. The van der Waals surface area contributed by atoms with Crippen molar-refractivity contribution in [3.8, 4) is 0 Å². The molecule has 0 aromatic rings. The van der Waals surface area contributed by atoms with Crippen LogP contribution in [0, 0.1) is 46.3 Å². The maximum absolute atomic E-state index is 2.72. The van der Waals surface area contributed by atoms with E-state index in [0.717, 1.165) is 35.5 Å². The van der Waals surface area contributed by atoms with Gasteiger partial charge in [0, 0.05) is 0 Å². The molecule has 0 radical (unpaired) electrons. The van der Waals surface area contributed by atoms with E-state index in [1.165, 1.54) is 19.3 Å². The molecule has 0 aromatic carbocycles. The van der Waals surface area contributed by atoms with Crippen LogP contribution in [0.4, 0.5) is 0 Å². The first-order valence-electron chi connectivity index (χ1n) is 10.5. The molecule has 0 spiro atoms. The molecule has 0 N–H and O–H groups in total. The molecule has 0 aromatic heterocycles. The van der Waals surface area contributed by atoms with Gasteiger partial charge >= 0.3 is 0 Å². The second-order valence-electron chi connectivity index (χ2n) is 10.3. The second-order valence-corrected chi connectivity index (χ2v) is 10.3. The summed E-state index contributed by atoms with van der Waals surface area (Å²) in [4.78, 5) is 0. The molecule has 4 fully saturated rings. The first kappa shape index (κ1) is 15.5. The van der Waals surface area contributed by atoms with Crippen molar-refractivity contribution in [3.05, 3.63) is 0 Å². The molecular formula is C22H38. The molecule has 0 saturated heterocycles. The molecule has 2 unspecified atom stereocenters. The van der Waals surface area contributed by atoms with Gasteiger partial charge in [0.05, 0.1) is 0 Å². The van der Waals surface area contributed by atoms with Crippen molar-refractivity contribution in [2.75, 3.05) is 0 Å². The summed E-state index contributed by atoms with van der Waals surface area (Å²) < 4.78 is 0. The zero-order valence-electron chi connectivity index (χ0n) is 15.5. The molecule has 0 nitrogen and oxygen atoms in total. The fourth-order valence-electron chi connectivity index (χ4n) is 8.25. The average molecular weight is 303 g/mol. The zero-order valence-corrected chi connectivity index (χ0v) is 15.5. The Morgan fingerprint density at radius 2 is 1.55 bits per heavy atom. The van der Waals surface area contributed by atoms with Crippen LogP contribution in [0.3, 0.4) is 0 Å². The monoisotopic (exact) mass is 302 g/mol. The molecule has 22 heavy (non-hydrogen) atoms. The fraction of sp³-hybridized carbons (Fsp3) is 1.00. The molecule has 0 amide bonds. The van der Waals surface area contributed by atoms with E-state index in [4.69, 9.17) is 0 Å². The van der Waals surface area contributed by atoms with Gasteiger partial charge in [-0.1, -0.05) is 40.5 Å². The lowest BCUT2D eigenvalue weighted by molar-refractivity contribution is -0.117. The lowest BCUT2D eigenvalue weighted by Gasteiger charge is -2.61. The summed E-state index contributed by atoms with van der Waals surface area (Å²) in [6.45, 7) is 10.4. The summed E-state index contributed by atoms with van der Waals surface area (Å²) in [7, 11) is 0. The van der Waals surface area contributed by atoms with Crippen LogP contribution in [0.1, 0.15) is 91.9 Å². The Morgan fingerprint density at radius 3 is 2.32 bits per heavy atom. The predicted molar refractivity (Wildman–Crippen MR) is 94.7 cm³/mol. The van der Waals surface area contributed by atoms with Gasteiger partial charge in [-0.3, -0.25) is 0 Å². The summed E-state index contributed by atoms with van der Waals surface area (Å²) in [6.07, 6.45) is 15.4. The van der Waals surface area contributed by atoms with Gasteiger partial charge in [0.1, 0.15) is 0 Å². The highest BCUT2D eigenvalue weighted by Crippen LogP contribution is 2.68. The van der Waals surface area contributed by atoms with Gasteiger partial charge in [-0.25, -0.2) is 0 Å². The second kappa shape index (κ2) is 5.25. The van der Waals surface area contributed by atoms with E-state index in [9.17, 15) is 0 Å². The van der Waals surface area contributed by atoms with Crippen LogP contribution >= 0.6 is 0 Å². The zero-order chi connectivity index (χ0) is 15.5. The maximum Gasteiger partial charge on any atom is -0.0266 e. The van der Waals surface area contributed by atoms with Crippen LogP contribution in [0.15, 0.2) is 0 Å². The molecular weight excluding hydrogens is 264 g/mol. The van der Waals surface area contributed by atoms with Crippen molar-refractivity contribution in [1.29, 1.82) is 0 Å². The lowest BCUT2D eigenvalue weighted by Crippen LogP contribution is -2.53. The Balaban J connectivity index is 1.61. The Bertz CT molecular complexity index is 426. The molecule has 4 rings (SSSR count). The summed E-state index contributed by atoms with van der Waals surface area (Å²) >= 11 is 0. The topological polar surface area (TPSA) is 0 Å². The van der Waals surface area contributed by atoms with Crippen molar-refractivity contribution in [2.24, 2.45) is 46.3 Å². The minimum atomic E-state index is 0.709. The van der Waals surface area contributed by atoms with Crippen LogP contribution in [0.2, 0.25) is 0 Å². The first-order valence-corrected chi connectivity index (χ1v) is 10.5. The molecule has 0 aliphatic heterocycles. The number of fused-ring (bicyclic) bond motifs is 5. The molecule has 0 bridgehead atoms. The van der Waals surface area contributed by atoms with Crippen LogP contribution < -0.4 is 0 Å². The van der Waals surface area contributed by atoms with E-state index in [0.29, 0.717) is 10.8 Å². The highest BCUT2D eigenvalue weighted by Gasteiger charge is 2.59. The van der Waals surface area contributed by atoms with Crippen molar-refractivity contribution < 1.29 is 0 Å². The summed E-state index contributed by atoms with van der Waals surface area (Å²) in [5, 5.41) is 0. The summed E-state index contributed by atoms with van der Waals surface area (Å²) in [5.41, 5.74) is 1.42. The molecule has 4 aliphatic rings. The first-order chi connectivity index (χ1) is 10.5. The van der Waals surface area contributed by atoms with E-state index < -0.39 is 0 Å². The Morgan fingerprint density at radius 1 is 0.818 bits per heavy atom. The SMILES string of the molecule is CC[C@H]1CC[C@H]2[C@@H]3CCC4CC(C)CC[C@]4(C)[C@@H]3CC[C@]12C. The standard InChI is InChI=1S/C22H38/c1-5-16-7-9-19-18-8-6-17-14-15(2)10-12-22(17,4)20(18)11-13-21(16,19)3/h15-20H,5-14H2,1-4H3/t15?,16-,17?,18-,19-,20+,21+,22-/m0/s1. The van der Waals surface area contributed by atoms with Gasteiger partial charge in [-0.2, -0.15) is 0 Å². The summed E-state index contributed by atoms with van der Waals surface area (Å²) in [5.74, 6) is 6.34. The van der Waals surface area contributed by atoms with Gasteiger partial charge < -0.3 is 0 Å². The average Bonchev–Trinajstić information content (AvgIpc) is 2.84. The number of rotatable bonds is 1. The highest BCUT2D eigenvalue weighted by molar-refractivity contribution is 5.08. The molecule has 0 heteroatoms. The van der Waals surface area contributed by atoms with E-state index in [1.54, 1.807) is 44.9 Å². The van der Waals surface area contributed by atoms with Crippen LogP contribution in [0.25, 0.3) is 0 Å². The van der Waals surface area contributed by atoms with Crippen LogP contribution in [-0.2, 0) is 0 Å². The van der Waals surface area contributed by atoms with Crippen molar-refractivity contribution in [2.45, 2.75) is 91.9 Å². The molecule has 8 atom stereocenters. The highest BCUT2D eigenvalue weighted by atomic mass is 14.6. The lowest BCUT2D eigenvalue weighted by atomic mass is 9.44. The molecule has 0 heterocycles. The fourth-order valence-corrected chi connectivity index (χ4v) is 8.25. The summed E-state index contributed by atoms with van der Waals surface area (Å²) in [6, 6.07) is 0. The van der Waals surface area contributed by atoms with E-state index in [-0.39, 0.29) is 0 Å². The Kier molecular flexibility index (Phi) is 3.70. The van der Waals surface area contributed by atoms with E-state index >= 15 is 0 Å². The van der Waals surface area contributed by atoms with Gasteiger partial charge in [-0.15, -0.1) is 0 Å². The third-order valence-corrected chi connectivity index (χ3v) is 9.62. The van der Waals surface area contributed by atoms with Crippen molar-refractivity contribution in [1.82, 2.24) is 0 Å². The van der Waals surface area contributed by atoms with Crippen LogP contribution in [-0.4, -0.2) is 0 Å². The maximum atomic E-state index is 2.72. The van der Waals surface area contributed by atoms with Crippen LogP contribution in [0.5, 0.6) is 0 Å². The minimum Gasteiger partial charge on any atom is -0.0651 e. The van der Waals surface area contributed by atoms with Gasteiger partial charge in [0.2, 0.25) is 0 Å². The van der Waals surface area contributed by atoms with Gasteiger partial charge in [0.25, 0.3) is 0 Å². The van der Waals surface area contributed by atoms with Crippen molar-refractivity contribution in [3.63, 3.8) is 0 Å². The number of hydrogen-bond acceptors (Lipinski definition) is 0. The Hall–Kier alpha value is 0. The third kappa shape index (κ3) is 2.01. The molecule has 126 valence electrons. The Labute approximate surface area is 138 Å². The van der Waals surface area contributed by atoms with E-state index in [2.05, 4.69) is 27.7 Å². The van der Waals surface area contributed by atoms with Gasteiger partial charge in [-0.05, 0) is 97.7 Å². The minimum absolute atomic E-state index is 0.709. The largest absolute Gasteiger partial charge is 0.0651 e. The molecule has 4 saturated carbocycles. The van der Waals surface area contributed by atoms with Crippen molar-refractivity contribution >= 4 is 0 Å². The smallest absolute Gasteiger partial charge is 0.0266 e. The quantitative estimate of drug-likeness (QED) is 0.506. The predicted octanol–water partition coefficient (Wildman–Crippen LogP) is 6.69. The number of hydrogen-bond donors (Lipinski definition) is 0. The normalized spacial score (nSPS) is 57.8. The van der Waals surface area contributed by atoms with E-state index in [1.807, 2.05) is 0 Å². The van der Waals surface area contributed by atoms with Gasteiger partial charge in [0.15, 0.2) is 0 Å².